The fourth-order valence-electron chi connectivity index (χ4n) is 6.82. The predicted molar refractivity (Wildman–Crippen MR) is 239 cm³/mol. The van der Waals surface area contributed by atoms with Crippen LogP contribution in [0.2, 0.25) is 0 Å². The van der Waals surface area contributed by atoms with Crippen LogP contribution in [-0.2, 0) is 32.7 Å². The molecule has 6 unspecified atom stereocenters. The molecule has 1 aliphatic carbocycles. The molecule has 14 heteroatoms. The van der Waals surface area contributed by atoms with Crippen molar-refractivity contribution in [1.82, 2.24) is 0 Å². The summed E-state index contributed by atoms with van der Waals surface area (Å²) in [6.45, 7) is 3.24. The van der Waals surface area contributed by atoms with Crippen LogP contribution in [0.25, 0.3) is 0 Å². The summed E-state index contributed by atoms with van der Waals surface area (Å²) >= 11 is 0. The van der Waals surface area contributed by atoms with Crippen molar-refractivity contribution in [3.05, 3.63) is 48.6 Å². The topological polar surface area (TPSA) is 210 Å². The minimum atomic E-state index is -5.13. The number of carbonyl (C=O) groups excluding carboxylic acids is 2. The van der Waals surface area contributed by atoms with Gasteiger partial charge in [0.15, 0.2) is 6.10 Å². The highest BCUT2D eigenvalue weighted by Crippen LogP contribution is 2.47. The Morgan fingerprint density at radius 3 is 1.39 bits per heavy atom. The van der Waals surface area contributed by atoms with Gasteiger partial charge in [-0.15, -0.1) is 0 Å². The van der Waals surface area contributed by atoms with Crippen LogP contribution in [0.15, 0.2) is 48.6 Å². The van der Waals surface area contributed by atoms with Gasteiger partial charge in [-0.2, -0.15) is 0 Å². The number of phosphoric acid groups is 1. The molecule has 13 nitrogen and oxygen atoms in total. The highest BCUT2D eigenvalue weighted by Gasteiger charge is 2.51. The lowest BCUT2D eigenvalue weighted by molar-refractivity contribution is -0.220. The van der Waals surface area contributed by atoms with Gasteiger partial charge in [0.25, 0.3) is 0 Å². The third-order valence-electron chi connectivity index (χ3n) is 10.6. The molecule has 0 saturated heterocycles. The number of allylic oxidation sites excluding steroid dienone is 8. The molecule has 0 aromatic rings. The van der Waals surface area contributed by atoms with Crippen LogP contribution in [0, 0.1) is 0 Å². The van der Waals surface area contributed by atoms with E-state index >= 15 is 0 Å². The number of unbranched alkanes of at least 4 members (excludes halogenated alkanes) is 18. The summed E-state index contributed by atoms with van der Waals surface area (Å²) in [6.07, 6.45) is 30.2. The van der Waals surface area contributed by atoms with Crippen LogP contribution in [-0.4, -0.2) is 98.3 Å². The normalized spacial score (nSPS) is 22.4. The third kappa shape index (κ3) is 29.7. The molecule has 8 atom stereocenters. The molecular formula is C47H83O13P. The van der Waals surface area contributed by atoms with Crippen molar-refractivity contribution in [2.24, 2.45) is 0 Å². The first-order chi connectivity index (χ1) is 29.4. The summed E-state index contributed by atoms with van der Waals surface area (Å²) in [7, 11) is -5.13. The van der Waals surface area contributed by atoms with E-state index < -0.39 is 75.7 Å². The fourth-order valence-corrected chi connectivity index (χ4v) is 7.79. The van der Waals surface area contributed by atoms with Gasteiger partial charge in [0.1, 0.15) is 43.2 Å². The van der Waals surface area contributed by atoms with Crippen LogP contribution in [0.4, 0.5) is 0 Å². The van der Waals surface area contributed by atoms with Crippen LogP contribution in [0.1, 0.15) is 181 Å². The fraction of sp³-hybridized carbons (Fsp3) is 0.787. The average Bonchev–Trinajstić information content (AvgIpc) is 3.24. The number of hydrogen-bond acceptors (Lipinski definition) is 12. The number of phosphoric ester groups is 1. The highest BCUT2D eigenvalue weighted by atomic mass is 31.2. The SMILES string of the molecule is CCCCC/C=C/C/C=C/C/C=C/CCCCCCC(=O)OC[C@@H](COP(=O)(O)OC1C(O)C(O)C(O)[C@H](O)C1O)OC(=O)CCCCCCC/C=C/CCCCCCCC. The zero-order valence-electron chi connectivity index (χ0n) is 37.4. The van der Waals surface area contributed by atoms with Gasteiger partial charge in [-0.05, 0) is 77.0 Å². The molecule has 0 bridgehead atoms. The van der Waals surface area contributed by atoms with E-state index in [0.29, 0.717) is 12.8 Å². The standard InChI is InChI=1S/C47H83O13P/c1-3-5-7-9-11-13-15-17-19-20-22-23-25-27-29-31-33-35-40(48)57-37-39(38-58-61(55,56)60-47-45(53)43(51)42(50)44(52)46(47)54)59-41(49)36-34-32-30-28-26-24-21-18-16-14-12-10-8-6-4-2/h11,13,17-19,21-23,39,42-47,50-54H,3-10,12,14-16,20,24-38H2,1-2H3,(H,55,56)/b13-11+,19-17+,21-18+,23-22+/t39-,42?,43-,44?,45?,46?,47?/m0/s1. The zero-order valence-corrected chi connectivity index (χ0v) is 38.3. The van der Waals surface area contributed by atoms with Gasteiger partial charge in [-0.25, -0.2) is 4.57 Å². The Bertz CT molecular complexity index is 1250. The molecule has 0 aromatic heterocycles. The van der Waals surface area contributed by atoms with E-state index in [4.69, 9.17) is 18.5 Å². The molecule has 0 amide bonds. The second-order valence-corrected chi connectivity index (χ2v) is 17.7. The van der Waals surface area contributed by atoms with Gasteiger partial charge in [0.2, 0.25) is 0 Å². The van der Waals surface area contributed by atoms with Gasteiger partial charge in [0, 0.05) is 12.8 Å². The molecule has 61 heavy (non-hydrogen) atoms. The molecule has 1 aliphatic rings. The Morgan fingerprint density at radius 1 is 0.508 bits per heavy atom. The summed E-state index contributed by atoms with van der Waals surface area (Å²) in [5, 5.41) is 50.1. The van der Waals surface area contributed by atoms with Gasteiger partial charge < -0.3 is 39.9 Å². The molecule has 0 spiro atoms. The van der Waals surface area contributed by atoms with Crippen molar-refractivity contribution in [3.63, 3.8) is 0 Å². The first-order valence-electron chi connectivity index (χ1n) is 23.4. The number of hydrogen-bond donors (Lipinski definition) is 6. The lowest BCUT2D eigenvalue weighted by atomic mass is 9.85. The molecule has 1 fully saturated rings. The highest BCUT2D eigenvalue weighted by molar-refractivity contribution is 7.47. The van der Waals surface area contributed by atoms with E-state index in [2.05, 4.69) is 62.5 Å². The average molecular weight is 887 g/mol. The van der Waals surface area contributed by atoms with E-state index in [9.17, 15) is 44.6 Å². The minimum Gasteiger partial charge on any atom is -0.462 e. The summed E-state index contributed by atoms with van der Waals surface area (Å²) in [4.78, 5) is 35.7. The molecule has 0 heterocycles. The van der Waals surface area contributed by atoms with Crippen molar-refractivity contribution in [2.75, 3.05) is 13.2 Å². The molecule has 6 N–H and O–H groups in total. The minimum absolute atomic E-state index is 0.0805. The van der Waals surface area contributed by atoms with Crippen LogP contribution >= 0.6 is 7.82 Å². The maximum absolute atomic E-state index is 12.8. The lowest BCUT2D eigenvalue weighted by Crippen LogP contribution is -2.64. The number of esters is 2. The van der Waals surface area contributed by atoms with Crippen LogP contribution in [0.5, 0.6) is 0 Å². The van der Waals surface area contributed by atoms with Crippen LogP contribution < -0.4 is 0 Å². The Balaban J connectivity index is 2.48. The molecule has 1 saturated carbocycles. The maximum Gasteiger partial charge on any atom is 0.472 e. The van der Waals surface area contributed by atoms with Crippen molar-refractivity contribution in [2.45, 2.75) is 224 Å². The summed E-state index contributed by atoms with van der Waals surface area (Å²) in [5.74, 6) is -1.14. The number of aliphatic hydroxyl groups is 5. The molecule has 1 rings (SSSR count). The smallest absolute Gasteiger partial charge is 0.462 e. The van der Waals surface area contributed by atoms with Crippen molar-refractivity contribution >= 4 is 19.8 Å². The lowest BCUT2D eigenvalue weighted by Gasteiger charge is -2.41. The summed E-state index contributed by atoms with van der Waals surface area (Å²) < 4.78 is 33.5. The molecular weight excluding hydrogens is 803 g/mol. The van der Waals surface area contributed by atoms with E-state index in [1.165, 1.54) is 57.8 Å². The van der Waals surface area contributed by atoms with Gasteiger partial charge in [-0.1, -0.05) is 140 Å². The molecule has 354 valence electrons. The number of rotatable bonds is 38. The first-order valence-corrected chi connectivity index (χ1v) is 24.9. The van der Waals surface area contributed by atoms with Crippen molar-refractivity contribution in [1.29, 1.82) is 0 Å². The zero-order chi connectivity index (χ0) is 45.0. The van der Waals surface area contributed by atoms with E-state index in [-0.39, 0.29) is 12.8 Å². The summed E-state index contributed by atoms with van der Waals surface area (Å²) in [6, 6.07) is 0. The number of aliphatic hydroxyl groups excluding tert-OH is 5. The Morgan fingerprint density at radius 2 is 0.885 bits per heavy atom. The second kappa shape index (κ2) is 37.2. The second-order valence-electron chi connectivity index (χ2n) is 16.3. The Labute approximate surface area is 367 Å². The number of carbonyl (C=O) groups is 2. The first kappa shape index (κ1) is 56.8. The maximum atomic E-state index is 12.8. The van der Waals surface area contributed by atoms with E-state index in [1.54, 1.807) is 0 Å². The van der Waals surface area contributed by atoms with Crippen molar-refractivity contribution < 1.29 is 63.1 Å². The Kier molecular flexibility index (Phi) is 34.7. The van der Waals surface area contributed by atoms with E-state index in [0.717, 1.165) is 83.5 Å². The third-order valence-corrected chi connectivity index (χ3v) is 11.6. The van der Waals surface area contributed by atoms with Crippen molar-refractivity contribution in [3.8, 4) is 0 Å². The molecule has 0 aromatic carbocycles. The largest absolute Gasteiger partial charge is 0.472 e. The quantitative estimate of drug-likeness (QED) is 0.0148. The van der Waals surface area contributed by atoms with Gasteiger partial charge in [-0.3, -0.25) is 18.6 Å². The molecule has 0 radical (unpaired) electrons. The number of ether oxygens (including phenoxy) is 2. The van der Waals surface area contributed by atoms with Gasteiger partial charge >= 0.3 is 19.8 Å². The van der Waals surface area contributed by atoms with E-state index in [1.807, 2.05) is 0 Å². The van der Waals surface area contributed by atoms with Gasteiger partial charge in [0.05, 0.1) is 6.61 Å². The predicted octanol–water partition coefficient (Wildman–Crippen LogP) is 9.17. The Hall–Kier alpha value is -2.19. The molecule has 0 aliphatic heterocycles. The summed E-state index contributed by atoms with van der Waals surface area (Å²) in [5.41, 5.74) is 0. The monoisotopic (exact) mass is 887 g/mol. The van der Waals surface area contributed by atoms with Crippen LogP contribution in [0.3, 0.4) is 0 Å².